The van der Waals surface area contributed by atoms with Crippen LogP contribution in [-0.2, 0) is 6.61 Å². The van der Waals surface area contributed by atoms with Crippen LogP contribution in [0.5, 0.6) is 11.5 Å². The van der Waals surface area contributed by atoms with Gasteiger partial charge in [0, 0.05) is 5.56 Å². The van der Waals surface area contributed by atoms with Crippen molar-refractivity contribution in [2.45, 2.75) is 6.61 Å². The average molecular weight is 324 g/mol. The molecule has 5 nitrogen and oxygen atoms in total. The van der Waals surface area contributed by atoms with Gasteiger partial charge in [-0.3, -0.25) is 0 Å². The van der Waals surface area contributed by atoms with Gasteiger partial charge in [0.1, 0.15) is 18.1 Å². The normalized spacial score (nSPS) is 10.4. The van der Waals surface area contributed by atoms with Crippen molar-refractivity contribution in [3.8, 4) is 22.6 Å². The van der Waals surface area contributed by atoms with Crippen molar-refractivity contribution in [3.63, 3.8) is 0 Å². The van der Waals surface area contributed by atoms with Crippen molar-refractivity contribution >= 4 is 5.97 Å². The van der Waals surface area contributed by atoms with Gasteiger partial charge in [0.25, 0.3) is 0 Å². The molecular formula is C19H16O5. The predicted octanol–water partition coefficient (Wildman–Crippen LogP) is 4.23. The van der Waals surface area contributed by atoms with E-state index in [1.165, 1.54) is 12.3 Å². The maximum absolute atomic E-state index is 10.8. The summed E-state index contributed by atoms with van der Waals surface area (Å²) in [5, 5.41) is 8.81. The molecule has 1 N–H and O–H groups in total. The number of furan rings is 1. The quantitative estimate of drug-likeness (QED) is 0.735. The molecule has 0 fully saturated rings. The minimum Gasteiger partial charge on any atom is -0.497 e. The number of carboxylic acid groups (broad SMARTS) is 1. The number of carbonyl (C=O) groups is 1. The SMILES string of the molecule is COc1ccc(-c2ccc(OCc3coc(C(=O)O)c3)cc2)cc1. The van der Waals surface area contributed by atoms with Crippen molar-refractivity contribution in [3.05, 3.63) is 72.2 Å². The van der Waals surface area contributed by atoms with Crippen LogP contribution < -0.4 is 9.47 Å². The molecule has 0 bridgehead atoms. The van der Waals surface area contributed by atoms with E-state index in [0.717, 1.165) is 16.9 Å². The molecule has 0 saturated carbocycles. The Hall–Kier alpha value is -3.21. The number of hydrogen-bond acceptors (Lipinski definition) is 4. The van der Waals surface area contributed by atoms with Crippen LogP contribution in [0.3, 0.4) is 0 Å². The molecule has 2 aromatic carbocycles. The Morgan fingerprint density at radius 3 is 2.08 bits per heavy atom. The molecule has 122 valence electrons. The summed E-state index contributed by atoms with van der Waals surface area (Å²) in [4.78, 5) is 10.8. The van der Waals surface area contributed by atoms with E-state index in [4.69, 9.17) is 19.0 Å². The molecule has 1 aromatic heterocycles. The third kappa shape index (κ3) is 3.57. The van der Waals surface area contributed by atoms with Crippen LogP contribution in [0.2, 0.25) is 0 Å². The van der Waals surface area contributed by atoms with E-state index < -0.39 is 5.97 Å². The van der Waals surface area contributed by atoms with Crippen LogP contribution in [0.1, 0.15) is 16.1 Å². The Balaban J connectivity index is 1.64. The van der Waals surface area contributed by atoms with Gasteiger partial charge >= 0.3 is 5.97 Å². The van der Waals surface area contributed by atoms with Gasteiger partial charge in [-0.2, -0.15) is 0 Å². The lowest BCUT2D eigenvalue weighted by molar-refractivity contribution is 0.0662. The fraction of sp³-hybridized carbons (Fsp3) is 0.105. The molecule has 24 heavy (non-hydrogen) atoms. The monoisotopic (exact) mass is 324 g/mol. The molecule has 3 aromatic rings. The van der Waals surface area contributed by atoms with Crippen LogP contribution in [-0.4, -0.2) is 18.2 Å². The Kier molecular flexibility index (Phi) is 4.52. The Bertz CT molecular complexity index is 816. The molecule has 0 aliphatic carbocycles. The summed E-state index contributed by atoms with van der Waals surface area (Å²) < 4.78 is 15.7. The van der Waals surface area contributed by atoms with Crippen LogP contribution in [0, 0.1) is 0 Å². The number of hydrogen-bond donors (Lipinski definition) is 1. The molecule has 0 aliphatic rings. The lowest BCUT2D eigenvalue weighted by Crippen LogP contribution is -1.95. The molecule has 0 atom stereocenters. The zero-order chi connectivity index (χ0) is 16.9. The highest BCUT2D eigenvalue weighted by Gasteiger charge is 2.09. The Morgan fingerprint density at radius 1 is 1.00 bits per heavy atom. The van der Waals surface area contributed by atoms with Crippen LogP contribution in [0.15, 0.2) is 65.3 Å². The number of benzene rings is 2. The summed E-state index contributed by atoms with van der Waals surface area (Å²) in [6.07, 6.45) is 1.38. The second-order valence-electron chi connectivity index (χ2n) is 5.17. The largest absolute Gasteiger partial charge is 0.497 e. The van der Waals surface area contributed by atoms with E-state index in [2.05, 4.69) is 0 Å². The molecule has 0 saturated heterocycles. The molecule has 5 heteroatoms. The summed E-state index contributed by atoms with van der Waals surface area (Å²) in [5.74, 6) is 0.332. The van der Waals surface area contributed by atoms with E-state index in [0.29, 0.717) is 11.3 Å². The van der Waals surface area contributed by atoms with Gasteiger partial charge in [-0.05, 0) is 41.5 Å². The zero-order valence-corrected chi connectivity index (χ0v) is 13.1. The van der Waals surface area contributed by atoms with E-state index in [1.807, 2.05) is 48.5 Å². The summed E-state index contributed by atoms with van der Waals surface area (Å²) in [5.41, 5.74) is 2.83. The minimum atomic E-state index is -1.09. The fourth-order valence-corrected chi connectivity index (χ4v) is 2.26. The molecule has 1 heterocycles. The summed E-state index contributed by atoms with van der Waals surface area (Å²) in [7, 11) is 1.64. The van der Waals surface area contributed by atoms with Crippen molar-refractivity contribution < 1.29 is 23.8 Å². The van der Waals surface area contributed by atoms with Gasteiger partial charge in [-0.1, -0.05) is 24.3 Å². The zero-order valence-electron chi connectivity index (χ0n) is 13.1. The lowest BCUT2D eigenvalue weighted by Gasteiger charge is -2.07. The number of rotatable bonds is 6. The van der Waals surface area contributed by atoms with Gasteiger partial charge in [-0.25, -0.2) is 4.79 Å². The first-order valence-electron chi connectivity index (χ1n) is 7.34. The van der Waals surface area contributed by atoms with E-state index >= 15 is 0 Å². The maximum atomic E-state index is 10.8. The Morgan fingerprint density at radius 2 is 1.58 bits per heavy atom. The van der Waals surface area contributed by atoms with E-state index in [1.54, 1.807) is 7.11 Å². The van der Waals surface area contributed by atoms with Crippen LogP contribution in [0.25, 0.3) is 11.1 Å². The Labute approximate surface area is 139 Å². The van der Waals surface area contributed by atoms with Gasteiger partial charge in [0.05, 0.1) is 13.4 Å². The number of ether oxygens (including phenoxy) is 2. The highest BCUT2D eigenvalue weighted by Crippen LogP contribution is 2.25. The molecular weight excluding hydrogens is 308 g/mol. The highest BCUT2D eigenvalue weighted by molar-refractivity contribution is 5.84. The van der Waals surface area contributed by atoms with Crippen LogP contribution >= 0.6 is 0 Å². The molecule has 0 spiro atoms. The van der Waals surface area contributed by atoms with Crippen LogP contribution in [0.4, 0.5) is 0 Å². The van der Waals surface area contributed by atoms with Gasteiger partial charge in [0.2, 0.25) is 5.76 Å². The predicted molar refractivity (Wildman–Crippen MR) is 88.4 cm³/mol. The summed E-state index contributed by atoms with van der Waals surface area (Å²) >= 11 is 0. The molecule has 3 rings (SSSR count). The summed E-state index contributed by atoms with van der Waals surface area (Å²) in [6, 6.07) is 17.0. The standard InChI is InChI=1S/C19H16O5/c1-22-16-6-2-14(3-7-16)15-4-8-17(9-5-15)23-11-13-10-18(19(20)21)24-12-13/h2-10,12H,11H2,1H3,(H,20,21). The fourth-order valence-electron chi connectivity index (χ4n) is 2.26. The molecule has 0 amide bonds. The second kappa shape index (κ2) is 6.91. The van der Waals surface area contributed by atoms with Crippen molar-refractivity contribution in [1.29, 1.82) is 0 Å². The first-order chi connectivity index (χ1) is 11.7. The summed E-state index contributed by atoms with van der Waals surface area (Å²) in [6.45, 7) is 0.249. The number of aromatic carboxylic acids is 1. The first-order valence-corrected chi connectivity index (χ1v) is 7.34. The third-order valence-electron chi connectivity index (χ3n) is 3.55. The smallest absolute Gasteiger partial charge is 0.371 e. The second-order valence-corrected chi connectivity index (χ2v) is 5.17. The van der Waals surface area contributed by atoms with Gasteiger partial charge in [0.15, 0.2) is 0 Å². The number of carboxylic acids is 1. The topological polar surface area (TPSA) is 68.9 Å². The van der Waals surface area contributed by atoms with E-state index in [9.17, 15) is 4.79 Å². The van der Waals surface area contributed by atoms with Gasteiger partial charge in [-0.15, -0.1) is 0 Å². The maximum Gasteiger partial charge on any atom is 0.371 e. The minimum absolute atomic E-state index is 0.0940. The molecule has 0 radical (unpaired) electrons. The first kappa shape index (κ1) is 15.7. The van der Waals surface area contributed by atoms with Crippen molar-refractivity contribution in [2.24, 2.45) is 0 Å². The number of methoxy groups -OCH3 is 1. The van der Waals surface area contributed by atoms with Gasteiger partial charge < -0.3 is 19.0 Å². The average Bonchev–Trinajstić information content (AvgIpc) is 3.10. The van der Waals surface area contributed by atoms with Crippen molar-refractivity contribution in [2.75, 3.05) is 7.11 Å². The van der Waals surface area contributed by atoms with E-state index in [-0.39, 0.29) is 12.4 Å². The lowest BCUT2D eigenvalue weighted by atomic mass is 10.1. The van der Waals surface area contributed by atoms with Crippen molar-refractivity contribution in [1.82, 2.24) is 0 Å². The third-order valence-corrected chi connectivity index (χ3v) is 3.55. The molecule has 0 unspecified atom stereocenters. The molecule has 0 aliphatic heterocycles. The highest BCUT2D eigenvalue weighted by atomic mass is 16.5.